The quantitative estimate of drug-likeness (QED) is 0.879. The molecule has 2 aromatic carbocycles. The van der Waals surface area contributed by atoms with Gasteiger partial charge in [-0.3, -0.25) is 4.79 Å². The van der Waals surface area contributed by atoms with Gasteiger partial charge in [0.1, 0.15) is 5.82 Å². The molecular weight excluding hydrogens is 323 g/mol. The van der Waals surface area contributed by atoms with Crippen molar-refractivity contribution in [2.24, 2.45) is 0 Å². The van der Waals surface area contributed by atoms with Crippen LogP contribution in [-0.2, 0) is 11.3 Å². The Morgan fingerprint density at radius 2 is 1.95 bits per heavy atom. The summed E-state index contributed by atoms with van der Waals surface area (Å²) >= 11 is 3.33. The molecule has 0 saturated heterocycles. The number of amides is 1. The van der Waals surface area contributed by atoms with Gasteiger partial charge in [0.15, 0.2) is 0 Å². The molecule has 2 aromatic rings. The van der Waals surface area contributed by atoms with Crippen LogP contribution in [0.15, 0.2) is 53.0 Å². The summed E-state index contributed by atoms with van der Waals surface area (Å²) in [6, 6.07) is 13.8. The summed E-state index contributed by atoms with van der Waals surface area (Å²) in [4.78, 5) is 11.7. The largest absolute Gasteiger partial charge is 0.325 e. The van der Waals surface area contributed by atoms with E-state index in [9.17, 15) is 9.18 Å². The topological polar surface area (TPSA) is 41.1 Å². The van der Waals surface area contributed by atoms with Crippen molar-refractivity contribution in [3.8, 4) is 0 Å². The van der Waals surface area contributed by atoms with E-state index < -0.39 is 0 Å². The zero-order valence-electron chi connectivity index (χ0n) is 10.7. The molecule has 1 amide bonds. The Hall–Kier alpha value is -1.72. The fourth-order valence-electron chi connectivity index (χ4n) is 1.72. The molecule has 104 valence electrons. The minimum Gasteiger partial charge on any atom is -0.325 e. The molecule has 0 spiro atoms. The molecule has 2 rings (SSSR count). The number of hydrogen-bond donors (Lipinski definition) is 2. The summed E-state index contributed by atoms with van der Waals surface area (Å²) < 4.78 is 14.3. The van der Waals surface area contributed by atoms with Crippen molar-refractivity contribution in [2.75, 3.05) is 11.9 Å². The predicted octanol–water partition coefficient (Wildman–Crippen LogP) is 3.32. The smallest absolute Gasteiger partial charge is 0.238 e. The summed E-state index contributed by atoms with van der Waals surface area (Å²) in [5.74, 6) is -0.438. The van der Waals surface area contributed by atoms with Crippen LogP contribution in [0.25, 0.3) is 0 Å². The number of benzene rings is 2. The first-order valence-electron chi connectivity index (χ1n) is 6.15. The molecule has 0 atom stereocenters. The van der Waals surface area contributed by atoms with Crippen LogP contribution in [0.3, 0.4) is 0 Å². The Morgan fingerprint density at radius 3 is 2.70 bits per heavy atom. The lowest BCUT2D eigenvalue weighted by Gasteiger charge is -2.07. The lowest BCUT2D eigenvalue weighted by Crippen LogP contribution is -2.28. The highest BCUT2D eigenvalue weighted by Crippen LogP contribution is 2.15. The first-order chi connectivity index (χ1) is 9.65. The van der Waals surface area contributed by atoms with Gasteiger partial charge in [-0.05, 0) is 24.3 Å². The van der Waals surface area contributed by atoms with Gasteiger partial charge in [-0.15, -0.1) is 0 Å². The van der Waals surface area contributed by atoms with Crippen molar-refractivity contribution in [1.82, 2.24) is 5.32 Å². The van der Waals surface area contributed by atoms with Crippen molar-refractivity contribution in [1.29, 1.82) is 0 Å². The molecule has 0 aliphatic carbocycles. The summed E-state index contributed by atoms with van der Waals surface area (Å²) in [7, 11) is 0. The van der Waals surface area contributed by atoms with E-state index in [0.717, 1.165) is 10.2 Å². The lowest BCUT2D eigenvalue weighted by molar-refractivity contribution is -0.115. The van der Waals surface area contributed by atoms with Crippen molar-refractivity contribution >= 4 is 27.5 Å². The number of anilines is 1. The Balaban J connectivity index is 1.80. The van der Waals surface area contributed by atoms with Crippen molar-refractivity contribution in [2.45, 2.75) is 6.54 Å². The normalized spacial score (nSPS) is 10.3. The third-order valence-electron chi connectivity index (χ3n) is 2.67. The van der Waals surface area contributed by atoms with Gasteiger partial charge in [-0.2, -0.15) is 0 Å². The van der Waals surface area contributed by atoms with E-state index in [2.05, 4.69) is 26.6 Å². The monoisotopic (exact) mass is 336 g/mol. The van der Waals surface area contributed by atoms with Gasteiger partial charge in [0, 0.05) is 22.3 Å². The average Bonchev–Trinajstić information content (AvgIpc) is 2.41. The molecule has 0 aliphatic heterocycles. The third-order valence-corrected chi connectivity index (χ3v) is 3.16. The summed E-state index contributed by atoms with van der Waals surface area (Å²) in [6.45, 7) is 0.444. The maximum atomic E-state index is 13.4. The molecular formula is C15H14BrFN2O. The molecule has 0 bridgehead atoms. The summed E-state index contributed by atoms with van der Waals surface area (Å²) in [6.07, 6.45) is 0. The molecule has 0 heterocycles. The Kier molecular flexibility index (Phi) is 5.26. The van der Waals surface area contributed by atoms with E-state index in [1.807, 2.05) is 18.2 Å². The lowest BCUT2D eigenvalue weighted by atomic mass is 10.2. The van der Waals surface area contributed by atoms with E-state index in [1.54, 1.807) is 24.3 Å². The number of carbonyl (C=O) groups excluding carboxylic acids is 1. The standard InChI is InChI=1S/C15H14BrFN2O/c16-12-5-3-6-13(8-12)19-15(20)10-18-9-11-4-1-2-7-14(11)17/h1-8,18H,9-10H2,(H,19,20). The maximum Gasteiger partial charge on any atom is 0.238 e. The SMILES string of the molecule is O=C(CNCc1ccccc1F)Nc1cccc(Br)c1. The minimum atomic E-state index is -0.271. The molecule has 3 nitrogen and oxygen atoms in total. The second-order valence-corrected chi connectivity index (χ2v) is 5.17. The fraction of sp³-hybridized carbons (Fsp3) is 0.133. The average molecular weight is 337 g/mol. The molecule has 0 saturated carbocycles. The van der Waals surface area contributed by atoms with Gasteiger partial charge in [-0.1, -0.05) is 40.2 Å². The van der Waals surface area contributed by atoms with Crippen molar-refractivity contribution in [3.63, 3.8) is 0 Å². The molecule has 5 heteroatoms. The number of hydrogen-bond acceptors (Lipinski definition) is 2. The first kappa shape index (κ1) is 14.7. The van der Waals surface area contributed by atoms with Crippen LogP contribution < -0.4 is 10.6 Å². The first-order valence-corrected chi connectivity index (χ1v) is 6.94. The van der Waals surface area contributed by atoms with Crippen LogP contribution in [0, 0.1) is 5.82 Å². The second kappa shape index (κ2) is 7.17. The Bertz CT molecular complexity index is 604. The van der Waals surface area contributed by atoms with Crippen LogP contribution in [0.2, 0.25) is 0 Å². The van der Waals surface area contributed by atoms with Gasteiger partial charge in [0.05, 0.1) is 6.54 Å². The number of carbonyl (C=O) groups is 1. The molecule has 0 aliphatic rings. The number of nitrogens with one attached hydrogen (secondary N) is 2. The van der Waals surface area contributed by atoms with Crippen LogP contribution >= 0.6 is 15.9 Å². The summed E-state index contributed by atoms with van der Waals surface area (Å²) in [5, 5.41) is 5.67. The fourth-order valence-corrected chi connectivity index (χ4v) is 2.12. The molecule has 0 aromatic heterocycles. The van der Waals surface area contributed by atoms with Gasteiger partial charge in [0.25, 0.3) is 0 Å². The molecule has 0 radical (unpaired) electrons. The van der Waals surface area contributed by atoms with Crippen molar-refractivity contribution < 1.29 is 9.18 Å². The van der Waals surface area contributed by atoms with Gasteiger partial charge in [0.2, 0.25) is 5.91 Å². The van der Waals surface area contributed by atoms with Crippen LogP contribution in [0.1, 0.15) is 5.56 Å². The van der Waals surface area contributed by atoms with Crippen LogP contribution in [-0.4, -0.2) is 12.5 Å². The number of rotatable bonds is 5. The third kappa shape index (κ3) is 4.43. The highest BCUT2D eigenvalue weighted by molar-refractivity contribution is 9.10. The van der Waals surface area contributed by atoms with Gasteiger partial charge in [-0.25, -0.2) is 4.39 Å². The molecule has 2 N–H and O–H groups in total. The Labute approximate surface area is 125 Å². The van der Waals surface area contributed by atoms with E-state index in [-0.39, 0.29) is 18.3 Å². The van der Waals surface area contributed by atoms with E-state index in [1.165, 1.54) is 6.07 Å². The predicted molar refractivity (Wildman–Crippen MR) is 80.9 cm³/mol. The number of halogens is 2. The van der Waals surface area contributed by atoms with Gasteiger partial charge >= 0.3 is 0 Å². The van der Waals surface area contributed by atoms with Gasteiger partial charge < -0.3 is 10.6 Å². The Morgan fingerprint density at radius 1 is 1.15 bits per heavy atom. The zero-order chi connectivity index (χ0) is 14.4. The highest BCUT2D eigenvalue weighted by Gasteiger charge is 2.04. The van der Waals surface area contributed by atoms with E-state index in [0.29, 0.717) is 12.1 Å². The molecule has 20 heavy (non-hydrogen) atoms. The van der Waals surface area contributed by atoms with E-state index >= 15 is 0 Å². The zero-order valence-corrected chi connectivity index (χ0v) is 12.3. The maximum absolute atomic E-state index is 13.4. The highest BCUT2D eigenvalue weighted by atomic mass is 79.9. The van der Waals surface area contributed by atoms with Crippen molar-refractivity contribution in [3.05, 3.63) is 64.4 Å². The second-order valence-electron chi connectivity index (χ2n) is 4.25. The van der Waals surface area contributed by atoms with E-state index in [4.69, 9.17) is 0 Å². The molecule has 0 unspecified atom stereocenters. The molecule has 0 fully saturated rings. The summed E-state index contributed by atoms with van der Waals surface area (Å²) in [5.41, 5.74) is 1.26. The van der Waals surface area contributed by atoms with Crippen LogP contribution in [0.4, 0.5) is 10.1 Å². The van der Waals surface area contributed by atoms with Crippen LogP contribution in [0.5, 0.6) is 0 Å². The minimum absolute atomic E-state index is 0.126.